The van der Waals surface area contributed by atoms with E-state index in [4.69, 9.17) is 4.74 Å². The summed E-state index contributed by atoms with van der Waals surface area (Å²) in [5, 5.41) is 3.45. The molecule has 2 aromatic carbocycles. The number of carbonyl (C=O) groups excluding carboxylic acids is 1. The second kappa shape index (κ2) is 9.49. The normalized spacial score (nSPS) is 16.1. The van der Waals surface area contributed by atoms with Crippen molar-refractivity contribution in [3.05, 3.63) is 82.0 Å². The van der Waals surface area contributed by atoms with E-state index >= 15 is 0 Å². The first-order valence-electron chi connectivity index (χ1n) is 10.8. The summed E-state index contributed by atoms with van der Waals surface area (Å²) in [5.74, 6) is 0.679. The van der Waals surface area contributed by atoms with Crippen molar-refractivity contribution in [3.8, 4) is 11.4 Å². The number of amidine groups is 1. The molecule has 1 N–H and O–H groups in total. The summed E-state index contributed by atoms with van der Waals surface area (Å²) in [7, 11) is 0. The molecule has 6 heteroatoms. The third kappa shape index (κ3) is 4.50. The predicted molar refractivity (Wildman–Crippen MR) is 133 cm³/mol. The zero-order valence-electron chi connectivity index (χ0n) is 18.8. The molecule has 0 unspecified atom stereocenters. The first-order chi connectivity index (χ1) is 15.5. The van der Waals surface area contributed by atoms with Crippen molar-refractivity contribution in [2.75, 3.05) is 6.61 Å². The van der Waals surface area contributed by atoms with Gasteiger partial charge < -0.3 is 14.6 Å². The van der Waals surface area contributed by atoms with Crippen molar-refractivity contribution in [2.45, 2.75) is 34.1 Å². The van der Waals surface area contributed by atoms with Crippen LogP contribution in [0.15, 0.2) is 64.5 Å². The van der Waals surface area contributed by atoms with Crippen molar-refractivity contribution in [2.24, 2.45) is 4.99 Å². The minimum atomic E-state index is -0.126. The Bertz CT molecular complexity index is 1210. The number of hydrogen-bond acceptors (Lipinski definition) is 4. The van der Waals surface area contributed by atoms with Gasteiger partial charge in [0, 0.05) is 17.1 Å². The molecule has 3 aromatic rings. The summed E-state index contributed by atoms with van der Waals surface area (Å²) in [6, 6.07) is 18.1. The second-order valence-electron chi connectivity index (χ2n) is 7.55. The van der Waals surface area contributed by atoms with Gasteiger partial charge in [0.15, 0.2) is 5.17 Å². The Kier molecular flexibility index (Phi) is 6.51. The van der Waals surface area contributed by atoms with Crippen LogP contribution in [0.5, 0.6) is 5.75 Å². The van der Waals surface area contributed by atoms with E-state index in [1.54, 1.807) is 0 Å². The van der Waals surface area contributed by atoms with Crippen LogP contribution in [0, 0.1) is 13.8 Å². The Morgan fingerprint density at radius 3 is 2.56 bits per heavy atom. The van der Waals surface area contributed by atoms with Gasteiger partial charge in [0.05, 0.1) is 17.2 Å². The zero-order valence-corrected chi connectivity index (χ0v) is 19.6. The maximum absolute atomic E-state index is 12.6. The fourth-order valence-corrected chi connectivity index (χ4v) is 4.69. The summed E-state index contributed by atoms with van der Waals surface area (Å²) >= 11 is 1.36. The van der Waals surface area contributed by atoms with Gasteiger partial charge in [0.1, 0.15) is 5.75 Å². The zero-order chi connectivity index (χ0) is 22.7. The number of nitrogens with zero attached hydrogens (tertiary/aromatic N) is 2. The van der Waals surface area contributed by atoms with Crippen LogP contribution in [0.4, 0.5) is 5.69 Å². The topological polar surface area (TPSA) is 55.6 Å². The molecule has 1 aliphatic heterocycles. The lowest BCUT2D eigenvalue weighted by atomic mass is 10.1. The number of hydrogen-bond donors (Lipinski definition) is 1. The summed E-state index contributed by atoms with van der Waals surface area (Å²) in [6.45, 7) is 8.94. The molecule has 1 saturated heterocycles. The van der Waals surface area contributed by atoms with Gasteiger partial charge in [-0.2, -0.15) is 0 Å². The molecule has 0 spiro atoms. The Morgan fingerprint density at radius 1 is 1.09 bits per heavy atom. The second-order valence-corrected chi connectivity index (χ2v) is 8.58. The Balaban J connectivity index is 1.60. The number of ether oxygens (including phenoxy) is 1. The first-order valence-corrected chi connectivity index (χ1v) is 11.6. The molecular formula is C26H27N3O2S. The number of nitrogens with one attached hydrogen (secondary N) is 1. The van der Waals surface area contributed by atoms with Crippen molar-refractivity contribution >= 4 is 34.6 Å². The van der Waals surface area contributed by atoms with E-state index < -0.39 is 0 Å². The number of para-hydroxylation sites is 1. The van der Waals surface area contributed by atoms with Crippen LogP contribution in [-0.2, 0) is 11.2 Å². The fourth-order valence-electron chi connectivity index (χ4n) is 3.85. The highest BCUT2D eigenvalue weighted by Gasteiger charge is 2.24. The highest BCUT2D eigenvalue weighted by Crippen LogP contribution is 2.31. The number of aryl methyl sites for hydroxylation is 2. The monoisotopic (exact) mass is 445 g/mol. The van der Waals surface area contributed by atoms with E-state index in [9.17, 15) is 4.79 Å². The van der Waals surface area contributed by atoms with Gasteiger partial charge in [-0.1, -0.05) is 25.1 Å². The van der Waals surface area contributed by atoms with Crippen molar-refractivity contribution in [3.63, 3.8) is 0 Å². The smallest absolute Gasteiger partial charge is 0.264 e. The minimum absolute atomic E-state index is 0.126. The van der Waals surface area contributed by atoms with Crippen LogP contribution in [-0.4, -0.2) is 22.2 Å². The summed E-state index contributed by atoms with van der Waals surface area (Å²) in [4.78, 5) is 17.8. The maximum atomic E-state index is 12.6. The van der Waals surface area contributed by atoms with E-state index in [2.05, 4.69) is 66.0 Å². The molecule has 5 nitrogen and oxygen atoms in total. The van der Waals surface area contributed by atoms with E-state index in [1.165, 1.54) is 23.0 Å². The van der Waals surface area contributed by atoms with E-state index in [1.807, 2.05) is 37.3 Å². The van der Waals surface area contributed by atoms with Gasteiger partial charge in [-0.25, -0.2) is 4.99 Å². The number of amides is 1. The largest absolute Gasteiger partial charge is 0.494 e. The van der Waals surface area contributed by atoms with Crippen LogP contribution in [0.2, 0.25) is 0 Å². The van der Waals surface area contributed by atoms with Crippen LogP contribution >= 0.6 is 11.8 Å². The molecule has 0 bridgehead atoms. The predicted octanol–water partition coefficient (Wildman–Crippen LogP) is 5.95. The van der Waals surface area contributed by atoms with E-state index in [0.717, 1.165) is 34.8 Å². The molecule has 1 aromatic heterocycles. The maximum Gasteiger partial charge on any atom is 0.264 e. The molecule has 1 aliphatic rings. The van der Waals surface area contributed by atoms with Crippen molar-refractivity contribution in [1.29, 1.82) is 0 Å². The lowest BCUT2D eigenvalue weighted by molar-refractivity contribution is -0.115. The molecule has 0 saturated carbocycles. The molecule has 32 heavy (non-hydrogen) atoms. The van der Waals surface area contributed by atoms with Gasteiger partial charge in [-0.3, -0.25) is 4.79 Å². The Labute approximate surface area is 193 Å². The number of thioether (sulfide) groups is 1. The number of rotatable bonds is 6. The van der Waals surface area contributed by atoms with Crippen molar-refractivity contribution in [1.82, 2.24) is 9.88 Å². The Morgan fingerprint density at radius 2 is 1.84 bits per heavy atom. The first kappa shape index (κ1) is 22.0. The molecule has 1 amide bonds. The summed E-state index contributed by atoms with van der Waals surface area (Å²) < 4.78 is 7.73. The van der Waals surface area contributed by atoms with E-state index in [0.29, 0.717) is 16.7 Å². The summed E-state index contributed by atoms with van der Waals surface area (Å²) in [5.41, 5.74) is 6.55. The summed E-state index contributed by atoms with van der Waals surface area (Å²) in [6.07, 6.45) is 2.92. The lowest BCUT2D eigenvalue weighted by Gasteiger charge is -2.13. The third-order valence-corrected chi connectivity index (χ3v) is 6.31. The number of benzene rings is 2. The minimum Gasteiger partial charge on any atom is -0.494 e. The van der Waals surface area contributed by atoms with Crippen LogP contribution in [0.1, 0.15) is 36.4 Å². The average molecular weight is 446 g/mol. The lowest BCUT2D eigenvalue weighted by Crippen LogP contribution is -2.19. The average Bonchev–Trinajstić information content (AvgIpc) is 3.27. The van der Waals surface area contributed by atoms with E-state index in [-0.39, 0.29) is 5.91 Å². The quantitative estimate of drug-likeness (QED) is 0.477. The number of aliphatic imine (C=N–C) groups is 1. The molecule has 0 radical (unpaired) electrons. The molecule has 1 fully saturated rings. The molecule has 2 heterocycles. The molecule has 0 atom stereocenters. The molecule has 164 valence electrons. The van der Waals surface area contributed by atoms with Gasteiger partial charge in [0.2, 0.25) is 0 Å². The van der Waals surface area contributed by atoms with Crippen molar-refractivity contribution < 1.29 is 9.53 Å². The van der Waals surface area contributed by atoms with Gasteiger partial charge in [0.25, 0.3) is 5.91 Å². The third-order valence-electron chi connectivity index (χ3n) is 5.40. The van der Waals surface area contributed by atoms with Gasteiger partial charge in [-0.05, 0) is 92.6 Å². The molecule has 0 aliphatic carbocycles. The standard InChI is InChI=1S/C26H27N3O2S/c1-5-19-9-7-8-10-23(19)29-17(3)15-20(18(29)4)16-24-25(30)28-26(32-24)27-21-11-13-22(14-12-21)31-6-2/h7-16H,5-6H2,1-4H3,(H,27,28,30)/b24-16-. The highest BCUT2D eigenvalue weighted by molar-refractivity contribution is 8.18. The highest BCUT2D eigenvalue weighted by atomic mass is 32.2. The van der Waals surface area contributed by atoms with Crippen LogP contribution in [0.25, 0.3) is 11.8 Å². The van der Waals surface area contributed by atoms with Crippen LogP contribution in [0.3, 0.4) is 0 Å². The van der Waals surface area contributed by atoms with Crippen LogP contribution < -0.4 is 10.1 Å². The van der Waals surface area contributed by atoms with Gasteiger partial charge >= 0.3 is 0 Å². The van der Waals surface area contributed by atoms with Gasteiger partial charge in [-0.15, -0.1) is 0 Å². The number of carbonyl (C=O) groups is 1. The number of aromatic nitrogens is 1. The SMILES string of the molecule is CCOc1ccc(N=C2NC(=O)/C(=C/c3cc(C)n(-c4ccccc4CC)c3C)S2)cc1. The molecule has 4 rings (SSSR count). The Hall–Kier alpha value is -3.25. The fraction of sp³-hybridized carbons (Fsp3) is 0.231. The molecular weight excluding hydrogens is 418 g/mol.